The van der Waals surface area contributed by atoms with Gasteiger partial charge in [-0.1, -0.05) is 19.1 Å². The third-order valence-corrected chi connectivity index (χ3v) is 3.72. The topological polar surface area (TPSA) is 24.5 Å². The molecule has 0 aliphatic carbocycles. The zero-order valence-electron chi connectivity index (χ0n) is 12.2. The van der Waals surface area contributed by atoms with Crippen LogP contribution in [0.2, 0.25) is 0 Å². The molecule has 0 amide bonds. The summed E-state index contributed by atoms with van der Waals surface area (Å²) < 4.78 is 5.61. The molecule has 3 nitrogen and oxygen atoms in total. The summed E-state index contributed by atoms with van der Waals surface area (Å²) in [5.41, 5.74) is 1.38. The lowest BCUT2D eigenvalue weighted by Gasteiger charge is -2.32. The second-order valence-corrected chi connectivity index (χ2v) is 5.36. The van der Waals surface area contributed by atoms with E-state index in [1.165, 1.54) is 24.9 Å². The van der Waals surface area contributed by atoms with Gasteiger partial charge in [0, 0.05) is 19.1 Å². The highest BCUT2D eigenvalue weighted by atomic mass is 16.5. The van der Waals surface area contributed by atoms with E-state index < -0.39 is 0 Å². The SMILES string of the molecule is CCCOc1ccc(CN2CCCC(NC)C2)cc1. The van der Waals surface area contributed by atoms with Crippen molar-refractivity contribution in [2.75, 3.05) is 26.7 Å². The predicted octanol–water partition coefficient (Wildman–Crippen LogP) is 2.66. The second kappa shape index (κ2) is 7.51. The summed E-state index contributed by atoms with van der Waals surface area (Å²) in [7, 11) is 2.06. The fraction of sp³-hybridized carbons (Fsp3) is 0.625. The lowest BCUT2D eigenvalue weighted by atomic mass is 10.1. The fourth-order valence-corrected chi connectivity index (χ4v) is 2.60. The molecule has 0 radical (unpaired) electrons. The number of hydrogen-bond acceptors (Lipinski definition) is 3. The molecular formula is C16H26N2O. The average Bonchev–Trinajstić information content (AvgIpc) is 2.47. The molecule has 1 heterocycles. The van der Waals surface area contributed by atoms with Crippen LogP contribution < -0.4 is 10.1 Å². The molecule has 0 spiro atoms. The number of likely N-dealkylation sites (tertiary alicyclic amines) is 1. The Morgan fingerprint density at radius 1 is 1.32 bits per heavy atom. The minimum absolute atomic E-state index is 0.654. The van der Waals surface area contributed by atoms with Crippen LogP contribution in [0.4, 0.5) is 0 Å². The van der Waals surface area contributed by atoms with Crippen LogP contribution >= 0.6 is 0 Å². The maximum atomic E-state index is 5.61. The molecular weight excluding hydrogens is 236 g/mol. The van der Waals surface area contributed by atoms with Gasteiger partial charge < -0.3 is 10.1 Å². The Morgan fingerprint density at radius 2 is 2.11 bits per heavy atom. The minimum Gasteiger partial charge on any atom is -0.494 e. The van der Waals surface area contributed by atoms with Gasteiger partial charge in [-0.15, -0.1) is 0 Å². The van der Waals surface area contributed by atoms with Crippen LogP contribution in [0.25, 0.3) is 0 Å². The number of nitrogens with one attached hydrogen (secondary N) is 1. The fourth-order valence-electron chi connectivity index (χ4n) is 2.60. The molecule has 1 aliphatic heterocycles. The van der Waals surface area contributed by atoms with Crippen molar-refractivity contribution in [1.29, 1.82) is 0 Å². The van der Waals surface area contributed by atoms with Crippen LogP contribution in [0.1, 0.15) is 31.7 Å². The summed E-state index contributed by atoms with van der Waals surface area (Å²) in [5.74, 6) is 0.984. The lowest BCUT2D eigenvalue weighted by molar-refractivity contribution is 0.188. The van der Waals surface area contributed by atoms with Gasteiger partial charge in [0.2, 0.25) is 0 Å². The monoisotopic (exact) mass is 262 g/mol. The number of rotatable bonds is 6. The smallest absolute Gasteiger partial charge is 0.119 e. The lowest BCUT2D eigenvalue weighted by Crippen LogP contribution is -2.43. The quantitative estimate of drug-likeness (QED) is 0.853. The summed E-state index contributed by atoms with van der Waals surface area (Å²) in [6, 6.07) is 9.21. The van der Waals surface area contributed by atoms with Gasteiger partial charge in [-0.2, -0.15) is 0 Å². The first-order chi connectivity index (χ1) is 9.31. The molecule has 1 N–H and O–H groups in total. The van der Waals surface area contributed by atoms with Crippen LogP contribution in [-0.4, -0.2) is 37.7 Å². The second-order valence-electron chi connectivity index (χ2n) is 5.36. The molecule has 3 heteroatoms. The van der Waals surface area contributed by atoms with Crippen molar-refractivity contribution in [3.05, 3.63) is 29.8 Å². The first-order valence-corrected chi connectivity index (χ1v) is 7.43. The van der Waals surface area contributed by atoms with Crippen molar-refractivity contribution in [2.45, 2.75) is 38.8 Å². The van der Waals surface area contributed by atoms with Crippen molar-refractivity contribution in [3.8, 4) is 5.75 Å². The Labute approximate surface area is 116 Å². The molecule has 1 fully saturated rings. The molecule has 0 aromatic heterocycles. The van der Waals surface area contributed by atoms with Gasteiger partial charge in [0.1, 0.15) is 5.75 Å². The molecule has 1 aromatic carbocycles. The zero-order chi connectivity index (χ0) is 13.5. The van der Waals surface area contributed by atoms with Crippen molar-refractivity contribution in [1.82, 2.24) is 10.2 Å². The van der Waals surface area contributed by atoms with Gasteiger partial charge in [0.15, 0.2) is 0 Å². The predicted molar refractivity (Wildman–Crippen MR) is 79.6 cm³/mol. The number of ether oxygens (including phenoxy) is 1. The standard InChI is InChI=1S/C16H26N2O/c1-3-11-19-16-8-6-14(7-9-16)12-18-10-4-5-15(13-18)17-2/h6-9,15,17H,3-5,10-13H2,1-2H3. The van der Waals surface area contributed by atoms with E-state index in [0.29, 0.717) is 6.04 Å². The van der Waals surface area contributed by atoms with Crippen LogP contribution in [-0.2, 0) is 6.54 Å². The highest BCUT2D eigenvalue weighted by Crippen LogP contribution is 2.16. The van der Waals surface area contributed by atoms with Crippen LogP contribution in [0, 0.1) is 0 Å². The molecule has 1 saturated heterocycles. The van der Waals surface area contributed by atoms with Crippen LogP contribution in [0.15, 0.2) is 24.3 Å². The van der Waals surface area contributed by atoms with Gasteiger partial charge in [0.25, 0.3) is 0 Å². The molecule has 106 valence electrons. The number of benzene rings is 1. The molecule has 2 rings (SSSR count). The molecule has 1 aromatic rings. The van der Waals surface area contributed by atoms with Crippen LogP contribution in [0.3, 0.4) is 0 Å². The molecule has 0 bridgehead atoms. The molecule has 1 aliphatic rings. The van der Waals surface area contributed by atoms with Crippen LogP contribution in [0.5, 0.6) is 5.75 Å². The molecule has 0 saturated carbocycles. The Kier molecular flexibility index (Phi) is 5.67. The van der Waals surface area contributed by atoms with Crippen molar-refractivity contribution in [3.63, 3.8) is 0 Å². The van der Waals surface area contributed by atoms with E-state index in [4.69, 9.17) is 4.74 Å². The first-order valence-electron chi connectivity index (χ1n) is 7.43. The van der Waals surface area contributed by atoms with E-state index in [9.17, 15) is 0 Å². The summed E-state index contributed by atoms with van der Waals surface area (Å²) in [5, 5.41) is 3.39. The number of hydrogen-bond donors (Lipinski definition) is 1. The zero-order valence-corrected chi connectivity index (χ0v) is 12.2. The van der Waals surface area contributed by atoms with E-state index in [0.717, 1.165) is 31.9 Å². The van der Waals surface area contributed by atoms with Gasteiger partial charge >= 0.3 is 0 Å². The first kappa shape index (κ1) is 14.4. The normalized spacial score (nSPS) is 20.4. The highest BCUT2D eigenvalue weighted by Gasteiger charge is 2.18. The van der Waals surface area contributed by atoms with E-state index in [2.05, 4.69) is 48.5 Å². The number of piperidine rings is 1. The molecule has 19 heavy (non-hydrogen) atoms. The summed E-state index contributed by atoms with van der Waals surface area (Å²) >= 11 is 0. The maximum absolute atomic E-state index is 5.61. The summed E-state index contributed by atoms with van der Waals surface area (Å²) in [4.78, 5) is 2.53. The van der Waals surface area contributed by atoms with E-state index in [-0.39, 0.29) is 0 Å². The average molecular weight is 262 g/mol. The van der Waals surface area contributed by atoms with Crippen molar-refractivity contribution < 1.29 is 4.74 Å². The third-order valence-electron chi connectivity index (χ3n) is 3.72. The van der Waals surface area contributed by atoms with E-state index in [1.54, 1.807) is 0 Å². The number of likely N-dealkylation sites (N-methyl/N-ethyl adjacent to an activating group) is 1. The number of nitrogens with zero attached hydrogens (tertiary/aromatic N) is 1. The Balaban J connectivity index is 1.85. The Morgan fingerprint density at radius 3 is 2.79 bits per heavy atom. The summed E-state index contributed by atoms with van der Waals surface area (Å²) in [6.07, 6.45) is 3.65. The largest absolute Gasteiger partial charge is 0.494 e. The van der Waals surface area contributed by atoms with E-state index in [1.807, 2.05) is 0 Å². The van der Waals surface area contributed by atoms with Crippen molar-refractivity contribution in [2.24, 2.45) is 0 Å². The van der Waals surface area contributed by atoms with Crippen molar-refractivity contribution >= 4 is 0 Å². The van der Waals surface area contributed by atoms with E-state index >= 15 is 0 Å². The van der Waals surface area contributed by atoms with Gasteiger partial charge in [-0.05, 0) is 50.6 Å². The molecule has 1 atom stereocenters. The van der Waals surface area contributed by atoms with Gasteiger partial charge in [-0.25, -0.2) is 0 Å². The Hall–Kier alpha value is -1.06. The minimum atomic E-state index is 0.654. The summed E-state index contributed by atoms with van der Waals surface area (Å²) in [6.45, 7) is 6.35. The third kappa shape index (κ3) is 4.51. The maximum Gasteiger partial charge on any atom is 0.119 e. The Bertz CT molecular complexity index is 364. The highest BCUT2D eigenvalue weighted by molar-refractivity contribution is 5.27. The van der Waals surface area contributed by atoms with Gasteiger partial charge in [0.05, 0.1) is 6.61 Å². The van der Waals surface area contributed by atoms with Gasteiger partial charge in [-0.3, -0.25) is 4.90 Å². The molecule has 1 unspecified atom stereocenters.